The maximum Gasteiger partial charge on any atom is 0.178 e. The highest BCUT2D eigenvalue weighted by Crippen LogP contribution is 2.21. The summed E-state index contributed by atoms with van der Waals surface area (Å²) in [6, 6.07) is 4.10. The molecule has 0 unspecified atom stereocenters. The third-order valence-electron chi connectivity index (χ3n) is 2.72. The first kappa shape index (κ1) is 11.6. The molecule has 0 bridgehead atoms. The summed E-state index contributed by atoms with van der Waals surface area (Å²) < 4.78 is 28.9. The molecular formula is C12H8F2N2S2. The van der Waals surface area contributed by atoms with Gasteiger partial charge < -0.3 is 9.55 Å². The van der Waals surface area contributed by atoms with Crippen molar-refractivity contribution in [2.24, 2.45) is 0 Å². The number of H-pyrrole nitrogens is 1. The lowest BCUT2D eigenvalue weighted by atomic mass is 10.2. The van der Waals surface area contributed by atoms with Crippen molar-refractivity contribution in [1.82, 2.24) is 9.55 Å². The molecule has 0 aliphatic heterocycles. The number of benzene rings is 1. The second-order valence-corrected chi connectivity index (χ2v) is 5.10. The van der Waals surface area contributed by atoms with Gasteiger partial charge in [0.2, 0.25) is 0 Å². The molecule has 2 aromatic heterocycles. The predicted molar refractivity (Wildman–Crippen MR) is 70.5 cm³/mol. The van der Waals surface area contributed by atoms with E-state index in [0.717, 1.165) is 11.6 Å². The summed E-state index contributed by atoms with van der Waals surface area (Å²) in [4.78, 5) is 2.77. The van der Waals surface area contributed by atoms with Gasteiger partial charge in [0.05, 0.1) is 12.1 Å². The zero-order valence-corrected chi connectivity index (χ0v) is 10.7. The van der Waals surface area contributed by atoms with Crippen LogP contribution in [0.5, 0.6) is 0 Å². The Morgan fingerprint density at radius 3 is 2.89 bits per heavy atom. The van der Waals surface area contributed by atoms with Crippen LogP contribution in [0, 0.1) is 16.4 Å². The van der Waals surface area contributed by atoms with Gasteiger partial charge in [0.15, 0.2) is 10.6 Å². The Labute approximate surface area is 111 Å². The van der Waals surface area contributed by atoms with Crippen molar-refractivity contribution < 1.29 is 8.78 Å². The summed E-state index contributed by atoms with van der Waals surface area (Å²) in [5, 5.41) is 3.94. The average Bonchev–Trinajstić information content (AvgIpc) is 2.91. The number of fused-ring (bicyclic) bond motifs is 1. The fourth-order valence-electron chi connectivity index (χ4n) is 1.90. The van der Waals surface area contributed by atoms with Crippen molar-refractivity contribution in [3.63, 3.8) is 0 Å². The van der Waals surface area contributed by atoms with Gasteiger partial charge in [-0.2, -0.15) is 11.3 Å². The minimum Gasteiger partial charge on any atom is -0.328 e. The number of aromatic amines is 1. The Morgan fingerprint density at radius 1 is 1.33 bits per heavy atom. The first-order valence-electron chi connectivity index (χ1n) is 5.24. The van der Waals surface area contributed by atoms with Gasteiger partial charge in [-0.25, -0.2) is 8.78 Å². The summed E-state index contributed by atoms with van der Waals surface area (Å²) in [5.74, 6) is -1.23. The molecular weight excluding hydrogens is 274 g/mol. The van der Waals surface area contributed by atoms with E-state index >= 15 is 0 Å². The minimum atomic E-state index is -0.625. The number of thiophene rings is 1. The van der Waals surface area contributed by atoms with Crippen LogP contribution in [0.3, 0.4) is 0 Å². The number of hydrogen-bond acceptors (Lipinski definition) is 2. The quantitative estimate of drug-likeness (QED) is 0.702. The molecule has 1 aromatic carbocycles. The van der Waals surface area contributed by atoms with E-state index in [1.165, 1.54) is 6.07 Å². The van der Waals surface area contributed by atoms with Crippen LogP contribution in [0.1, 0.15) is 5.56 Å². The van der Waals surface area contributed by atoms with Crippen molar-refractivity contribution in [2.45, 2.75) is 6.54 Å². The lowest BCUT2D eigenvalue weighted by molar-refractivity contribution is 0.590. The molecule has 18 heavy (non-hydrogen) atoms. The smallest absolute Gasteiger partial charge is 0.178 e. The minimum absolute atomic E-state index is 0.247. The lowest BCUT2D eigenvalue weighted by Gasteiger charge is -2.02. The Hall–Kier alpha value is -1.53. The molecule has 0 saturated carbocycles. The molecule has 0 spiro atoms. The van der Waals surface area contributed by atoms with Crippen molar-refractivity contribution in [3.05, 3.63) is 50.9 Å². The van der Waals surface area contributed by atoms with Crippen LogP contribution in [0.25, 0.3) is 11.0 Å². The van der Waals surface area contributed by atoms with Crippen LogP contribution in [0.4, 0.5) is 8.78 Å². The third-order valence-corrected chi connectivity index (χ3v) is 3.78. The molecule has 1 N–H and O–H groups in total. The van der Waals surface area contributed by atoms with E-state index in [-0.39, 0.29) is 5.52 Å². The van der Waals surface area contributed by atoms with E-state index in [1.54, 1.807) is 15.9 Å². The fraction of sp³-hybridized carbons (Fsp3) is 0.0833. The monoisotopic (exact) mass is 282 g/mol. The Balaban J connectivity index is 2.22. The molecule has 0 atom stereocenters. The van der Waals surface area contributed by atoms with Gasteiger partial charge in [-0.1, -0.05) is 0 Å². The zero-order valence-electron chi connectivity index (χ0n) is 9.11. The Bertz CT molecular complexity index is 756. The van der Waals surface area contributed by atoms with E-state index in [9.17, 15) is 8.78 Å². The maximum atomic E-state index is 13.6. The van der Waals surface area contributed by atoms with Gasteiger partial charge in [0.1, 0.15) is 11.3 Å². The topological polar surface area (TPSA) is 20.7 Å². The van der Waals surface area contributed by atoms with Crippen LogP contribution in [0.15, 0.2) is 29.0 Å². The largest absolute Gasteiger partial charge is 0.328 e. The van der Waals surface area contributed by atoms with E-state index in [1.807, 2.05) is 16.8 Å². The normalized spacial score (nSPS) is 11.2. The second-order valence-electron chi connectivity index (χ2n) is 3.93. The van der Waals surface area contributed by atoms with Gasteiger partial charge in [-0.05, 0) is 40.7 Å². The molecule has 3 rings (SSSR count). The summed E-state index contributed by atoms with van der Waals surface area (Å²) in [6.45, 7) is 0.505. The van der Waals surface area contributed by atoms with Crippen molar-refractivity contribution in [1.29, 1.82) is 0 Å². The van der Waals surface area contributed by atoms with Crippen LogP contribution in [-0.2, 0) is 6.54 Å². The van der Waals surface area contributed by atoms with Crippen molar-refractivity contribution >= 4 is 34.6 Å². The van der Waals surface area contributed by atoms with Crippen molar-refractivity contribution in [2.75, 3.05) is 0 Å². The molecule has 0 radical (unpaired) electrons. The van der Waals surface area contributed by atoms with Crippen LogP contribution in [0.2, 0.25) is 0 Å². The predicted octanol–water partition coefficient (Wildman–Crippen LogP) is 4.09. The first-order valence-corrected chi connectivity index (χ1v) is 6.59. The molecule has 0 saturated heterocycles. The number of aromatic nitrogens is 2. The lowest BCUT2D eigenvalue weighted by Crippen LogP contribution is -1.98. The van der Waals surface area contributed by atoms with Gasteiger partial charge in [-0.15, -0.1) is 0 Å². The SMILES string of the molecule is Fc1cc(F)c2[nH]c(=S)n(Cc3ccsc3)c2c1. The molecule has 0 aliphatic rings. The Kier molecular flexibility index (Phi) is 2.76. The summed E-state index contributed by atoms with van der Waals surface area (Å²) >= 11 is 6.72. The molecule has 0 aliphatic carbocycles. The van der Waals surface area contributed by atoms with E-state index in [0.29, 0.717) is 16.8 Å². The number of hydrogen-bond donors (Lipinski definition) is 1. The standard InChI is InChI=1S/C12H8F2N2S2/c13-8-3-9(14)11-10(4-8)16(12(17)15-11)5-7-1-2-18-6-7/h1-4,6H,5H2,(H,15,17). The molecule has 2 nitrogen and oxygen atoms in total. The number of nitrogens with zero attached hydrogens (tertiary/aromatic N) is 1. The second kappa shape index (κ2) is 4.29. The fourth-order valence-corrected chi connectivity index (χ4v) is 2.83. The van der Waals surface area contributed by atoms with Crippen LogP contribution >= 0.6 is 23.6 Å². The van der Waals surface area contributed by atoms with E-state index in [4.69, 9.17) is 12.2 Å². The Morgan fingerprint density at radius 2 is 2.17 bits per heavy atom. The summed E-state index contributed by atoms with van der Waals surface area (Å²) in [7, 11) is 0. The zero-order chi connectivity index (χ0) is 12.7. The molecule has 0 amide bonds. The molecule has 0 fully saturated rings. The highest BCUT2D eigenvalue weighted by Gasteiger charge is 2.11. The van der Waals surface area contributed by atoms with E-state index in [2.05, 4.69) is 4.98 Å². The highest BCUT2D eigenvalue weighted by atomic mass is 32.1. The molecule has 92 valence electrons. The number of imidazole rings is 1. The average molecular weight is 282 g/mol. The van der Waals surface area contributed by atoms with Gasteiger partial charge in [-0.3, -0.25) is 0 Å². The van der Waals surface area contributed by atoms with Crippen molar-refractivity contribution in [3.8, 4) is 0 Å². The summed E-state index contributed by atoms with van der Waals surface area (Å²) in [6.07, 6.45) is 0. The van der Waals surface area contributed by atoms with Crippen LogP contribution in [-0.4, -0.2) is 9.55 Å². The van der Waals surface area contributed by atoms with Gasteiger partial charge >= 0.3 is 0 Å². The number of rotatable bonds is 2. The maximum absolute atomic E-state index is 13.6. The van der Waals surface area contributed by atoms with E-state index < -0.39 is 11.6 Å². The molecule has 3 aromatic rings. The molecule has 6 heteroatoms. The van der Waals surface area contributed by atoms with Gasteiger partial charge in [0.25, 0.3) is 0 Å². The molecule has 2 heterocycles. The summed E-state index contributed by atoms with van der Waals surface area (Å²) in [5.41, 5.74) is 1.75. The van der Waals surface area contributed by atoms with Gasteiger partial charge in [0, 0.05) is 6.07 Å². The highest BCUT2D eigenvalue weighted by molar-refractivity contribution is 7.71. The number of halogens is 2. The third kappa shape index (κ3) is 1.87. The number of nitrogens with one attached hydrogen (secondary N) is 1. The first-order chi connectivity index (χ1) is 8.65. The van der Waals surface area contributed by atoms with Crippen LogP contribution < -0.4 is 0 Å².